The van der Waals surface area contributed by atoms with E-state index in [0.29, 0.717) is 13.1 Å². The molecule has 1 atom stereocenters. The summed E-state index contributed by atoms with van der Waals surface area (Å²) in [6, 6.07) is 0. The van der Waals surface area contributed by atoms with Crippen LogP contribution in [-0.4, -0.2) is 47.2 Å². The van der Waals surface area contributed by atoms with Crippen molar-refractivity contribution in [2.45, 2.75) is 52.7 Å². The van der Waals surface area contributed by atoms with Crippen LogP contribution in [0.25, 0.3) is 0 Å². The Balaban J connectivity index is 4.07. The first-order valence-corrected chi connectivity index (χ1v) is 6.00. The van der Waals surface area contributed by atoms with Gasteiger partial charge in [0.2, 0.25) is 5.91 Å². The molecule has 0 aliphatic carbocycles. The summed E-state index contributed by atoms with van der Waals surface area (Å²) in [4.78, 5) is 13.6. The second-order valence-corrected chi connectivity index (χ2v) is 5.19. The fourth-order valence-electron chi connectivity index (χ4n) is 1.39. The highest BCUT2D eigenvalue weighted by Gasteiger charge is 2.17. The summed E-state index contributed by atoms with van der Waals surface area (Å²) in [6.07, 6.45) is 0.375. The number of nitrogens with zero attached hydrogens (tertiary/aromatic N) is 1. The molecule has 0 saturated carbocycles. The second kappa shape index (κ2) is 6.86. The summed E-state index contributed by atoms with van der Waals surface area (Å²) >= 11 is 0. The number of aliphatic hydroxyl groups excluding tert-OH is 1. The number of rotatable bonds is 6. The number of hydrogen-bond donors (Lipinski definition) is 2. The standard InChI is InChI=1S/C12H26N2O2/c1-6-10(15)8-14(7-2)9-11(16)13-12(3,4)5/h10,15H,6-9H2,1-5H3,(H,13,16). The summed E-state index contributed by atoms with van der Waals surface area (Å²) in [5, 5.41) is 12.4. The van der Waals surface area contributed by atoms with Gasteiger partial charge in [0.05, 0.1) is 12.6 Å². The van der Waals surface area contributed by atoms with Crippen molar-refractivity contribution < 1.29 is 9.90 Å². The van der Waals surface area contributed by atoms with Crippen molar-refractivity contribution >= 4 is 5.91 Å². The predicted octanol–water partition coefficient (Wildman–Crippen LogP) is 0.994. The van der Waals surface area contributed by atoms with Gasteiger partial charge in [0, 0.05) is 12.1 Å². The zero-order valence-corrected chi connectivity index (χ0v) is 11.2. The molecule has 1 unspecified atom stereocenters. The lowest BCUT2D eigenvalue weighted by molar-refractivity contribution is -0.123. The highest BCUT2D eigenvalue weighted by molar-refractivity contribution is 5.78. The highest BCUT2D eigenvalue weighted by atomic mass is 16.3. The first-order valence-electron chi connectivity index (χ1n) is 6.00. The van der Waals surface area contributed by atoms with E-state index in [2.05, 4.69) is 5.32 Å². The zero-order valence-electron chi connectivity index (χ0n) is 11.2. The highest BCUT2D eigenvalue weighted by Crippen LogP contribution is 2.00. The molecular weight excluding hydrogens is 204 g/mol. The molecular formula is C12H26N2O2. The van der Waals surface area contributed by atoms with Gasteiger partial charge in [0.1, 0.15) is 0 Å². The van der Waals surface area contributed by atoms with E-state index in [4.69, 9.17) is 0 Å². The van der Waals surface area contributed by atoms with Crippen LogP contribution in [0.1, 0.15) is 41.0 Å². The van der Waals surface area contributed by atoms with E-state index < -0.39 is 0 Å². The van der Waals surface area contributed by atoms with Crippen LogP contribution in [0.3, 0.4) is 0 Å². The number of amides is 1. The summed E-state index contributed by atoms with van der Waals surface area (Å²) in [5.41, 5.74) is -0.195. The molecule has 0 rings (SSSR count). The van der Waals surface area contributed by atoms with Crippen LogP contribution < -0.4 is 5.32 Å². The quantitative estimate of drug-likeness (QED) is 0.715. The fraction of sp³-hybridized carbons (Fsp3) is 0.917. The summed E-state index contributed by atoms with van der Waals surface area (Å²) in [6.45, 7) is 11.5. The number of hydrogen-bond acceptors (Lipinski definition) is 3. The molecule has 1 amide bonds. The molecule has 0 bridgehead atoms. The molecule has 0 heterocycles. The van der Waals surface area contributed by atoms with Crippen molar-refractivity contribution in [2.24, 2.45) is 0 Å². The van der Waals surface area contributed by atoms with Gasteiger partial charge in [-0.3, -0.25) is 9.69 Å². The van der Waals surface area contributed by atoms with E-state index in [-0.39, 0.29) is 17.6 Å². The molecule has 2 N–H and O–H groups in total. The van der Waals surface area contributed by atoms with E-state index in [1.807, 2.05) is 39.5 Å². The topological polar surface area (TPSA) is 52.6 Å². The van der Waals surface area contributed by atoms with Crippen molar-refractivity contribution in [3.63, 3.8) is 0 Å². The monoisotopic (exact) mass is 230 g/mol. The van der Waals surface area contributed by atoms with Crippen molar-refractivity contribution in [1.29, 1.82) is 0 Å². The average molecular weight is 230 g/mol. The molecule has 16 heavy (non-hydrogen) atoms. The maximum Gasteiger partial charge on any atom is 0.234 e. The lowest BCUT2D eigenvalue weighted by Gasteiger charge is -2.26. The third-order valence-electron chi connectivity index (χ3n) is 2.27. The molecule has 0 aromatic rings. The third-order valence-corrected chi connectivity index (χ3v) is 2.27. The van der Waals surface area contributed by atoms with Crippen LogP contribution in [0, 0.1) is 0 Å². The molecule has 0 saturated heterocycles. The number of nitrogens with one attached hydrogen (secondary N) is 1. The minimum atomic E-state index is -0.345. The first-order chi connectivity index (χ1) is 7.28. The minimum Gasteiger partial charge on any atom is -0.392 e. The van der Waals surface area contributed by atoms with Crippen LogP contribution in [0.5, 0.6) is 0 Å². The van der Waals surface area contributed by atoms with E-state index in [1.54, 1.807) is 0 Å². The van der Waals surface area contributed by atoms with Gasteiger partial charge in [-0.25, -0.2) is 0 Å². The fourth-order valence-corrected chi connectivity index (χ4v) is 1.39. The molecule has 0 aromatic carbocycles. The smallest absolute Gasteiger partial charge is 0.234 e. The number of carbonyl (C=O) groups excluding carboxylic acids is 1. The van der Waals surface area contributed by atoms with Gasteiger partial charge in [-0.15, -0.1) is 0 Å². The number of carbonyl (C=O) groups is 1. The molecule has 4 heteroatoms. The Labute approximate surface area is 99.0 Å². The molecule has 4 nitrogen and oxygen atoms in total. The number of likely N-dealkylation sites (N-methyl/N-ethyl adjacent to an activating group) is 1. The molecule has 0 aromatic heterocycles. The Hall–Kier alpha value is -0.610. The van der Waals surface area contributed by atoms with E-state index in [1.165, 1.54) is 0 Å². The van der Waals surface area contributed by atoms with E-state index in [0.717, 1.165) is 13.0 Å². The summed E-state index contributed by atoms with van der Waals surface area (Å²) < 4.78 is 0. The van der Waals surface area contributed by atoms with Crippen LogP contribution in [0.2, 0.25) is 0 Å². The van der Waals surface area contributed by atoms with Crippen molar-refractivity contribution in [3.05, 3.63) is 0 Å². The first kappa shape index (κ1) is 15.4. The third kappa shape index (κ3) is 7.65. The van der Waals surface area contributed by atoms with Crippen molar-refractivity contribution in [2.75, 3.05) is 19.6 Å². The predicted molar refractivity (Wildman–Crippen MR) is 66.3 cm³/mol. The molecule has 0 aliphatic heterocycles. The van der Waals surface area contributed by atoms with E-state index >= 15 is 0 Å². The Kier molecular flexibility index (Phi) is 6.60. The van der Waals surface area contributed by atoms with Crippen LogP contribution in [0.4, 0.5) is 0 Å². The normalized spacial score (nSPS) is 13.9. The van der Waals surface area contributed by atoms with Gasteiger partial charge in [-0.1, -0.05) is 13.8 Å². The van der Waals surface area contributed by atoms with Gasteiger partial charge in [-0.05, 0) is 33.7 Å². The van der Waals surface area contributed by atoms with Gasteiger partial charge >= 0.3 is 0 Å². The molecule has 0 spiro atoms. The number of aliphatic hydroxyl groups is 1. The van der Waals surface area contributed by atoms with Gasteiger partial charge in [-0.2, -0.15) is 0 Å². The lowest BCUT2D eigenvalue weighted by atomic mass is 10.1. The second-order valence-electron chi connectivity index (χ2n) is 5.19. The van der Waals surface area contributed by atoms with Crippen LogP contribution in [-0.2, 0) is 4.79 Å². The Bertz CT molecular complexity index is 212. The summed E-state index contributed by atoms with van der Waals surface area (Å²) in [5.74, 6) is 0.0117. The summed E-state index contributed by atoms with van der Waals surface area (Å²) in [7, 11) is 0. The zero-order chi connectivity index (χ0) is 12.8. The lowest BCUT2D eigenvalue weighted by Crippen LogP contribution is -2.47. The minimum absolute atomic E-state index is 0.0117. The van der Waals surface area contributed by atoms with E-state index in [9.17, 15) is 9.90 Å². The van der Waals surface area contributed by atoms with Crippen LogP contribution in [0.15, 0.2) is 0 Å². The SMILES string of the molecule is CCC(O)CN(CC)CC(=O)NC(C)(C)C. The van der Waals surface area contributed by atoms with Gasteiger partial charge in [0.25, 0.3) is 0 Å². The maximum atomic E-state index is 11.7. The maximum absolute atomic E-state index is 11.7. The Morgan fingerprint density at radius 1 is 1.38 bits per heavy atom. The molecule has 96 valence electrons. The average Bonchev–Trinajstić information content (AvgIpc) is 2.13. The van der Waals surface area contributed by atoms with Gasteiger partial charge < -0.3 is 10.4 Å². The van der Waals surface area contributed by atoms with Crippen molar-refractivity contribution in [3.8, 4) is 0 Å². The van der Waals surface area contributed by atoms with Gasteiger partial charge in [0.15, 0.2) is 0 Å². The van der Waals surface area contributed by atoms with Crippen LogP contribution >= 0.6 is 0 Å². The molecule has 0 fully saturated rings. The largest absolute Gasteiger partial charge is 0.392 e. The Morgan fingerprint density at radius 3 is 2.31 bits per heavy atom. The Morgan fingerprint density at radius 2 is 1.94 bits per heavy atom. The molecule has 0 radical (unpaired) electrons. The molecule has 0 aliphatic rings. The van der Waals surface area contributed by atoms with Crippen molar-refractivity contribution in [1.82, 2.24) is 10.2 Å².